The zero-order chi connectivity index (χ0) is 24.8. The molecule has 8 heteroatoms. The fraction of sp³-hybridized carbons (Fsp3) is 0.296. The number of likely N-dealkylation sites (N-methyl/N-ethyl adjacent to an activating group) is 1. The van der Waals surface area contributed by atoms with Gasteiger partial charge in [0.05, 0.1) is 6.20 Å². The van der Waals surface area contributed by atoms with Crippen LogP contribution in [0.1, 0.15) is 18.2 Å². The van der Waals surface area contributed by atoms with Crippen LogP contribution in [0.5, 0.6) is 11.6 Å². The Morgan fingerprint density at radius 1 is 1.14 bits per heavy atom. The number of anilines is 4. The minimum absolute atomic E-state index is 0.274. The number of benzene rings is 2. The molecule has 0 unspecified atom stereocenters. The lowest BCUT2D eigenvalue weighted by molar-refractivity contribution is -0.111. The Hall–Kier alpha value is -3.91. The standard InChI is InChI=1S/C27H32N6O2/c1-5-22-27(35-24-9-7-8-23(19(24)3)30-26(34)6-2)31-25(18-28-22)29-20-10-12-21(13-11-20)33-16-14-32(4)15-17-33/h6-13,18H,2,5,14-17H2,1,3-4H3,(H,29,31)(H,30,34). The molecule has 182 valence electrons. The van der Waals surface area contributed by atoms with Gasteiger partial charge in [0.25, 0.3) is 0 Å². The second-order valence-corrected chi connectivity index (χ2v) is 8.55. The zero-order valence-electron chi connectivity index (χ0n) is 20.5. The average molecular weight is 473 g/mol. The largest absolute Gasteiger partial charge is 0.437 e. The van der Waals surface area contributed by atoms with Crippen molar-refractivity contribution < 1.29 is 9.53 Å². The van der Waals surface area contributed by atoms with E-state index in [1.165, 1.54) is 11.8 Å². The molecule has 1 aliphatic heterocycles. The van der Waals surface area contributed by atoms with Gasteiger partial charge in [-0.15, -0.1) is 0 Å². The predicted octanol–water partition coefficient (Wildman–Crippen LogP) is 4.76. The lowest BCUT2D eigenvalue weighted by atomic mass is 10.1. The maximum atomic E-state index is 11.7. The number of ether oxygens (including phenoxy) is 1. The summed E-state index contributed by atoms with van der Waals surface area (Å²) in [6, 6.07) is 13.9. The van der Waals surface area contributed by atoms with Gasteiger partial charge < -0.3 is 25.2 Å². The maximum absolute atomic E-state index is 11.7. The van der Waals surface area contributed by atoms with E-state index >= 15 is 0 Å². The first kappa shape index (κ1) is 24.2. The van der Waals surface area contributed by atoms with Gasteiger partial charge in [0, 0.05) is 48.8 Å². The summed E-state index contributed by atoms with van der Waals surface area (Å²) in [5.74, 6) is 1.36. The van der Waals surface area contributed by atoms with Crippen molar-refractivity contribution in [1.29, 1.82) is 0 Å². The number of aromatic nitrogens is 2. The number of nitrogens with one attached hydrogen (secondary N) is 2. The molecule has 1 aromatic heterocycles. The molecule has 2 N–H and O–H groups in total. The van der Waals surface area contributed by atoms with E-state index in [4.69, 9.17) is 4.74 Å². The van der Waals surface area contributed by atoms with Crippen LogP contribution in [0.3, 0.4) is 0 Å². The number of carbonyl (C=O) groups excluding carboxylic acids is 1. The molecular weight excluding hydrogens is 440 g/mol. The van der Waals surface area contributed by atoms with Gasteiger partial charge in [0.15, 0.2) is 5.82 Å². The van der Waals surface area contributed by atoms with Gasteiger partial charge in [-0.25, -0.2) is 0 Å². The summed E-state index contributed by atoms with van der Waals surface area (Å²) in [5, 5.41) is 6.13. The van der Waals surface area contributed by atoms with Crippen molar-refractivity contribution in [3.8, 4) is 11.6 Å². The molecule has 0 saturated carbocycles. The van der Waals surface area contributed by atoms with Gasteiger partial charge in [0.2, 0.25) is 11.8 Å². The highest BCUT2D eigenvalue weighted by Crippen LogP contribution is 2.31. The summed E-state index contributed by atoms with van der Waals surface area (Å²) < 4.78 is 6.17. The molecular formula is C27H32N6O2. The summed E-state index contributed by atoms with van der Waals surface area (Å²) in [6.45, 7) is 11.6. The number of amides is 1. The molecule has 8 nitrogen and oxygen atoms in total. The molecule has 0 atom stereocenters. The molecule has 4 rings (SSSR count). The fourth-order valence-electron chi connectivity index (χ4n) is 3.90. The first-order valence-corrected chi connectivity index (χ1v) is 11.8. The molecule has 1 aliphatic rings. The first-order valence-electron chi connectivity index (χ1n) is 11.8. The van der Waals surface area contributed by atoms with Crippen molar-refractivity contribution in [3.05, 3.63) is 72.6 Å². The SMILES string of the molecule is C=CC(=O)Nc1cccc(Oc2nc(Nc3ccc(N4CCN(C)CC4)cc3)cnc2CC)c1C. The van der Waals surface area contributed by atoms with Gasteiger partial charge in [-0.2, -0.15) is 4.98 Å². The Kier molecular flexibility index (Phi) is 7.62. The van der Waals surface area contributed by atoms with E-state index in [9.17, 15) is 4.79 Å². The number of rotatable bonds is 8. The van der Waals surface area contributed by atoms with Crippen molar-refractivity contribution in [2.45, 2.75) is 20.3 Å². The predicted molar refractivity (Wildman–Crippen MR) is 141 cm³/mol. The molecule has 1 fully saturated rings. The van der Waals surface area contributed by atoms with Crippen LogP contribution in [0.2, 0.25) is 0 Å². The van der Waals surface area contributed by atoms with E-state index in [2.05, 4.69) is 68.3 Å². The van der Waals surface area contributed by atoms with Crippen LogP contribution in [0.4, 0.5) is 22.9 Å². The number of carbonyl (C=O) groups is 1. The van der Waals surface area contributed by atoms with Gasteiger partial charge in [-0.3, -0.25) is 9.78 Å². The van der Waals surface area contributed by atoms with Crippen LogP contribution in [0, 0.1) is 6.92 Å². The Morgan fingerprint density at radius 3 is 2.57 bits per heavy atom. The summed E-state index contributed by atoms with van der Waals surface area (Å²) in [5.41, 5.74) is 4.36. The van der Waals surface area contributed by atoms with Crippen LogP contribution in [0.25, 0.3) is 0 Å². The molecule has 0 radical (unpaired) electrons. The first-order chi connectivity index (χ1) is 17.0. The van der Waals surface area contributed by atoms with Crippen molar-refractivity contribution in [1.82, 2.24) is 14.9 Å². The van der Waals surface area contributed by atoms with Crippen molar-refractivity contribution in [2.24, 2.45) is 0 Å². The minimum Gasteiger partial charge on any atom is -0.437 e. The monoisotopic (exact) mass is 472 g/mol. The Labute approximate surface area is 206 Å². The molecule has 0 bridgehead atoms. The number of hydrogen-bond acceptors (Lipinski definition) is 7. The Bertz CT molecular complexity index is 1190. The highest BCUT2D eigenvalue weighted by molar-refractivity contribution is 5.99. The molecule has 1 amide bonds. The lowest BCUT2D eigenvalue weighted by Gasteiger charge is -2.34. The van der Waals surface area contributed by atoms with Crippen LogP contribution in [0.15, 0.2) is 61.3 Å². The number of nitrogens with zero attached hydrogens (tertiary/aromatic N) is 4. The average Bonchev–Trinajstić information content (AvgIpc) is 2.87. The van der Waals surface area contributed by atoms with E-state index in [0.717, 1.165) is 43.1 Å². The smallest absolute Gasteiger partial charge is 0.247 e. The topological polar surface area (TPSA) is 82.6 Å². The number of aryl methyl sites for hydroxylation is 1. The highest BCUT2D eigenvalue weighted by atomic mass is 16.5. The second kappa shape index (κ2) is 11.0. The van der Waals surface area contributed by atoms with E-state index in [0.29, 0.717) is 29.6 Å². The van der Waals surface area contributed by atoms with E-state index in [-0.39, 0.29) is 5.91 Å². The Morgan fingerprint density at radius 2 is 1.89 bits per heavy atom. The molecule has 1 saturated heterocycles. The van der Waals surface area contributed by atoms with Crippen molar-refractivity contribution in [2.75, 3.05) is 48.8 Å². The minimum atomic E-state index is -0.274. The third kappa shape index (κ3) is 5.96. The lowest BCUT2D eigenvalue weighted by Crippen LogP contribution is -2.44. The maximum Gasteiger partial charge on any atom is 0.247 e. The van der Waals surface area contributed by atoms with Crippen LogP contribution < -0.4 is 20.3 Å². The number of piperazine rings is 1. The van der Waals surface area contributed by atoms with Crippen molar-refractivity contribution >= 4 is 28.8 Å². The van der Waals surface area contributed by atoms with Crippen LogP contribution in [-0.4, -0.2) is 54.0 Å². The molecule has 0 aliphatic carbocycles. The molecule has 35 heavy (non-hydrogen) atoms. The fourth-order valence-corrected chi connectivity index (χ4v) is 3.90. The van der Waals surface area contributed by atoms with Crippen LogP contribution in [-0.2, 0) is 11.2 Å². The summed E-state index contributed by atoms with van der Waals surface area (Å²) in [7, 11) is 2.16. The molecule has 2 heterocycles. The Balaban J connectivity index is 1.50. The highest BCUT2D eigenvalue weighted by Gasteiger charge is 2.15. The van der Waals surface area contributed by atoms with Gasteiger partial charge in [-0.1, -0.05) is 19.6 Å². The molecule has 3 aromatic rings. The van der Waals surface area contributed by atoms with E-state index < -0.39 is 0 Å². The van der Waals surface area contributed by atoms with E-state index in [1.807, 2.05) is 32.0 Å². The van der Waals surface area contributed by atoms with Gasteiger partial charge >= 0.3 is 0 Å². The number of hydrogen-bond donors (Lipinski definition) is 2. The third-order valence-corrected chi connectivity index (χ3v) is 6.09. The quantitative estimate of drug-likeness (QED) is 0.458. The third-order valence-electron chi connectivity index (χ3n) is 6.09. The molecule has 0 spiro atoms. The zero-order valence-corrected chi connectivity index (χ0v) is 20.5. The van der Waals surface area contributed by atoms with Gasteiger partial charge in [-0.05, 0) is 62.9 Å². The molecule has 2 aromatic carbocycles. The normalized spacial score (nSPS) is 13.9. The van der Waals surface area contributed by atoms with Crippen molar-refractivity contribution in [3.63, 3.8) is 0 Å². The summed E-state index contributed by atoms with van der Waals surface area (Å²) in [4.78, 5) is 25.7. The van der Waals surface area contributed by atoms with E-state index in [1.54, 1.807) is 6.20 Å². The summed E-state index contributed by atoms with van der Waals surface area (Å²) >= 11 is 0. The second-order valence-electron chi connectivity index (χ2n) is 8.55. The van der Waals surface area contributed by atoms with Gasteiger partial charge in [0.1, 0.15) is 11.4 Å². The summed E-state index contributed by atoms with van der Waals surface area (Å²) in [6.07, 6.45) is 3.63. The van der Waals surface area contributed by atoms with Crippen LogP contribution >= 0.6 is 0 Å².